The Morgan fingerprint density at radius 1 is 1.21 bits per heavy atom. The predicted octanol–water partition coefficient (Wildman–Crippen LogP) is 1.10. The van der Waals surface area contributed by atoms with Crippen LogP contribution < -0.4 is 10.9 Å². The molecular formula is C14H13NO4. The van der Waals surface area contributed by atoms with Crippen LogP contribution in [0.3, 0.4) is 0 Å². The van der Waals surface area contributed by atoms with E-state index in [4.69, 9.17) is 0 Å². The highest BCUT2D eigenvalue weighted by molar-refractivity contribution is 5.93. The van der Waals surface area contributed by atoms with Gasteiger partial charge in [-0.05, 0) is 11.6 Å². The van der Waals surface area contributed by atoms with Crippen molar-refractivity contribution in [3.05, 3.63) is 70.3 Å². The van der Waals surface area contributed by atoms with E-state index in [-0.39, 0.29) is 12.2 Å². The van der Waals surface area contributed by atoms with Crippen LogP contribution in [0.4, 0.5) is 0 Å². The van der Waals surface area contributed by atoms with Crippen LogP contribution in [-0.4, -0.2) is 17.6 Å². The van der Waals surface area contributed by atoms with Gasteiger partial charge in [0.05, 0.1) is 18.2 Å². The predicted molar refractivity (Wildman–Crippen MR) is 68.7 cm³/mol. The summed E-state index contributed by atoms with van der Waals surface area (Å²) in [6.45, 7) is -0.216. The third-order valence-corrected chi connectivity index (χ3v) is 2.65. The molecule has 19 heavy (non-hydrogen) atoms. The quantitative estimate of drug-likeness (QED) is 0.861. The van der Waals surface area contributed by atoms with Gasteiger partial charge in [0, 0.05) is 6.07 Å². The molecule has 0 bridgehead atoms. The number of aliphatic hydroxyl groups excluding tert-OH is 1. The van der Waals surface area contributed by atoms with E-state index >= 15 is 0 Å². The van der Waals surface area contributed by atoms with Gasteiger partial charge < -0.3 is 14.8 Å². The number of rotatable bonds is 4. The van der Waals surface area contributed by atoms with Crippen LogP contribution in [0.5, 0.6) is 0 Å². The molecule has 1 aromatic heterocycles. The Labute approximate surface area is 109 Å². The van der Waals surface area contributed by atoms with E-state index in [2.05, 4.69) is 9.73 Å². The molecule has 0 radical (unpaired) electrons. The van der Waals surface area contributed by atoms with Crippen LogP contribution in [0, 0.1) is 0 Å². The van der Waals surface area contributed by atoms with Gasteiger partial charge in [-0.2, -0.15) is 0 Å². The molecule has 1 atom stereocenters. The van der Waals surface area contributed by atoms with Crippen molar-refractivity contribution in [3.8, 4) is 0 Å². The molecule has 0 saturated heterocycles. The molecule has 0 aliphatic carbocycles. The Bertz CT molecular complexity index is 586. The normalized spacial score (nSPS) is 11.8. The molecule has 1 aromatic carbocycles. The standard InChI is InChI=1S/C14H13NO4/c16-8-12(10-4-2-1-3-5-10)15-14(18)11-6-7-13(17)19-9-11/h1-7,9,12,16H,8H2,(H,15,18)/t12-/m0/s1. The van der Waals surface area contributed by atoms with Crippen molar-refractivity contribution in [1.29, 1.82) is 0 Å². The molecule has 2 rings (SSSR count). The maximum atomic E-state index is 11.9. The van der Waals surface area contributed by atoms with Crippen molar-refractivity contribution >= 4 is 5.91 Å². The number of hydrogen-bond donors (Lipinski definition) is 2. The molecule has 1 heterocycles. The summed E-state index contributed by atoms with van der Waals surface area (Å²) >= 11 is 0. The van der Waals surface area contributed by atoms with Gasteiger partial charge in [0.25, 0.3) is 5.91 Å². The van der Waals surface area contributed by atoms with Gasteiger partial charge in [0.2, 0.25) is 0 Å². The summed E-state index contributed by atoms with van der Waals surface area (Å²) in [5, 5.41) is 12.0. The fraction of sp³-hybridized carbons (Fsp3) is 0.143. The van der Waals surface area contributed by atoms with Crippen LogP contribution >= 0.6 is 0 Å². The van der Waals surface area contributed by atoms with Gasteiger partial charge in [-0.1, -0.05) is 30.3 Å². The van der Waals surface area contributed by atoms with E-state index in [0.29, 0.717) is 0 Å². The van der Waals surface area contributed by atoms with Gasteiger partial charge in [-0.25, -0.2) is 4.79 Å². The van der Waals surface area contributed by atoms with Crippen LogP contribution in [0.15, 0.2) is 57.9 Å². The van der Waals surface area contributed by atoms with E-state index < -0.39 is 17.6 Å². The Kier molecular flexibility index (Phi) is 4.10. The van der Waals surface area contributed by atoms with Gasteiger partial charge in [0.15, 0.2) is 0 Å². The Balaban J connectivity index is 2.13. The first-order valence-electron chi connectivity index (χ1n) is 5.76. The summed E-state index contributed by atoms with van der Waals surface area (Å²) in [5.74, 6) is -0.411. The highest BCUT2D eigenvalue weighted by Gasteiger charge is 2.15. The third kappa shape index (κ3) is 3.29. The van der Waals surface area contributed by atoms with Gasteiger partial charge >= 0.3 is 5.63 Å². The number of hydrogen-bond acceptors (Lipinski definition) is 4. The largest absolute Gasteiger partial charge is 0.430 e. The summed E-state index contributed by atoms with van der Waals surface area (Å²) < 4.78 is 4.62. The molecule has 0 fully saturated rings. The first-order valence-corrected chi connectivity index (χ1v) is 5.76. The van der Waals surface area contributed by atoms with Crippen molar-refractivity contribution in [3.63, 3.8) is 0 Å². The SMILES string of the molecule is O=C(N[C@@H](CO)c1ccccc1)c1ccc(=O)oc1. The minimum Gasteiger partial charge on any atom is -0.430 e. The third-order valence-electron chi connectivity index (χ3n) is 2.65. The molecule has 5 nitrogen and oxygen atoms in total. The van der Waals surface area contributed by atoms with Gasteiger partial charge in [-0.3, -0.25) is 4.79 Å². The average molecular weight is 259 g/mol. The summed E-state index contributed by atoms with van der Waals surface area (Å²) in [5.41, 5.74) is 0.517. The second-order valence-electron chi connectivity index (χ2n) is 3.96. The van der Waals surface area contributed by atoms with E-state index in [1.807, 2.05) is 30.3 Å². The lowest BCUT2D eigenvalue weighted by Gasteiger charge is -2.16. The number of nitrogens with one attached hydrogen (secondary N) is 1. The highest BCUT2D eigenvalue weighted by atomic mass is 16.4. The van der Waals surface area contributed by atoms with E-state index in [9.17, 15) is 14.7 Å². The fourth-order valence-electron chi connectivity index (χ4n) is 1.65. The zero-order valence-electron chi connectivity index (χ0n) is 10.1. The molecule has 5 heteroatoms. The zero-order chi connectivity index (χ0) is 13.7. The lowest BCUT2D eigenvalue weighted by molar-refractivity contribution is 0.0913. The van der Waals surface area contributed by atoms with Gasteiger partial charge in [0.1, 0.15) is 6.26 Å². The van der Waals surface area contributed by atoms with Crippen LogP contribution in [0.1, 0.15) is 22.0 Å². The second-order valence-corrected chi connectivity index (χ2v) is 3.96. The summed E-state index contributed by atoms with van der Waals surface area (Å²) in [6, 6.07) is 11.2. The van der Waals surface area contributed by atoms with Crippen LogP contribution in [-0.2, 0) is 0 Å². The maximum Gasteiger partial charge on any atom is 0.335 e. The van der Waals surface area contributed by atoms with E-state index in [1.54, 1.807) is 0 Å². The smallest absolute Gasteiger partial charge is 0.335 e. The molecule has 0 saturated carbocycles. The number of amides is 1. The minimum absolute atomic E-state index is 0.216. The molecule has 0 spiro atoms. The van der Waals surface area contributed by atoms with Crippen molar-refractivity contribution in [2.24, 2.45) is 0 Å². The number of carbonyl (C=O) groups excluding carboxylic acids is 1. The monoisotopic (exact) mass is 259 g/mol. The molecule has 0 unspecified atom stereocenters. The Morgan fingerprint density at radius 3 is 2.53 bits per heavy atom. The van der Waals surface area contributed by atoms with Crippen molar-refractivity contribution < 1.29 is 14.3 Å². The Hall–Kier alpha value is -2.40. The summed E-state index contributed by atoms with van der Waals surface area (Å²) in [4.78, 5) is 22.7. The van der Waals surface area contributed by atoms with Crippen LogP contribution in [0.25, 0.3) is 0 Å². The maximum absolute atomic E-state index is 11.9. The minimum atomic E-state index is -0.515. The number of benzene rings is 1. The molecule has 98 valence electrons. The molecule has 0 aliphatic heterocycles. The fourth-order valence-corrected chi connectivity index (χ4v) is 1.65. The lowest BCUT2D eigenvalue weighted by atomic mass is 10.1. The first-order chi connectivity index (χ1) is 9.20. The zero-order valence-corrected chi connectivity index (χ0v) is 10.1. The molecule has 1 amide bonds. The molecular weight excluding hydrogens is 246 g/mol. The molecule has 2 N–H and O–H groups in total. The Morgan fingerprint density at radius 2 is 1.95 bits per heavy atom. The number of carbonyl (C=O) groups is 1. The lowest BCUT2D eigenvalue weighted by Crippen LogP contribution is -2.30. The van der Waals surface area contributed by atoms with E-state index in [1.165, 1.54) is 12.1 Å². The van der Waals surface area contributed by atoms with Crippen LogP contribution in [0.2, 0.25) is 0 Å². The topological polar surface area (TPSA) is 79.5 Å². The number of aliphatic hydroxyl groups is 1. The average Bonchev–Trinajstić information content (AvgIpc) is 2.46. The van der Waals surface area contributed by atoms with Crippen molar-refractivity contribution in [1.82, 2.24) is 5.32 Å². The second kappa shape index (κ2) is 5.97. The van der Waals surface area contributed by atoms with Gasteiger partial charge in [-0.15, -0.1) is 0 Å². The summed E-state index contributed by atoms with van der Waals surface area (Å²) in [7, 11) is 0. The first kappa shape index (κ1) is 13.0. The van der Waals surface area contributed by atoms with Crippen molar-refractivity contribution in [2.45, 2.75) is 6.04 Å². The summed E-state index contributed by atoms with van der Waals surface area (Å²) in [6.07, 6.45) is 1.09. The molecule has 0 aliphatic rings. The highest BCUT2D eigenvalue weighted by Crippen LogP contribution is 2.12. The van der Waals surface area contributed by atoms with Crippen molar-refractivity contribution in [2.75, 3.05) is 6.61 Å². The molecule has 2 aromatic rings. The van der Waals surface area contributed by atoms with E-state index in [0.717, 1.165) is 11.8 Å².